The average Bonchev–Trinajstić information content (AvgIpc) is 2.88. The lowest BCUT2D eigenvalue weighted by molar-refractivity contribution is -0.134. The minimum atomic E-state index is -0.382. The van der Waals surface area contributed by atoms with Crippen LogP contribution in [0.4, 0.5) is 4.39 Å². The summed E-state index contributed by atoms with van der Waals surface area (Å²) in [5, 5.41) is 0. The minimum absolute atomic E-state index is 0.214. The molecule has 0 aliphatic heterocycles. The lowest BCUT2D eigenvalue weighted by Crippen LogP contribution is -2.07. The van der Waals surface area contributed by atoms with Crippen LogP contribution in [0, 0.1) is 5.82 Å². The molecular formula is C30H29FO4. The summed E-state index contributed by atoms with van der Waals surface area (Å²) in [6.45, 7) is 4.38. The molecule has 0 saturated heterocycles. The number of allylic oxidation sites excluding steroid dienone is 1. The molecule has 180 valence electrons. The number of ketones is 1. The van der Waals surface area contributed by atoms with Crippen LogP contribution >= 0.6 is 0 Å². The number of carbonyl (C=O) groups is 2. The second-order valence-electron chi connectivity index (χ2n) is 8.03. The Bertz CT molecular complexity index is 1130. The van der Waals surface area contributed by atoms with Gasteiger partial charge in [-0.05, 0) is 78.6 Å². The number of hydrogen-bond donors (Lipinski definition) is 0. The molecular weight excluding hydrogens is 443 g/mol. The van der Waals surface area contributed by atoms with Crippen molar-refractivity contribution in [1.29, 1.82) is 0 Å². The second kappa shape index (κ2) is 13.7. The van der Waals surface area contributed by atoms with Crippen molar-refractivity contribution < 1.29 is 23.5 Å². The smallest absolute Gasteiger partial charge is 0.311 e. The topological polar surface area (TPSA) is 52.6 Å². The lowest BCUT2D eigenvalue weighted by atomic mass is 10.1. The first-order chi connectivity index (χ1) is 17.0. The van der Waals surface area contributed by atoms with E-state index in [1.807, 2.05) is 24.3 Å². The zero-order valence-corrected chi connectivity index (χ0v) is 19.6. The molecule has 0 saturated carbocycles. The molecule has 0 unspecified atom stereocenters. The molecule has 0 aliphatic rings. The highest BCUT2D eigenvalue weighted by Gasteiger charge is 2.05. The van der Waals surface area contributed by atoms with Gasteiger partial charge in [-0.3, -0.25) is 9.59 Å². The van der Waals surface area contributed by atoms with E-state index in [1.165, 1.54) is 30.3 Å². The van der Waals surface area contributed by atoms with Gasteiger partial charge in [0.25, 0.3) is 0 Å². The predicted molar refractivity (Wildman–Crippen MR) is 137 cm³/mol. The summed E-state index contributed by atoms with van der Waals surface area (Å²) in [6.07, 6.45) is 8.85. The second-order valence-corrected chi connectivity index (χ2v) is 8.03. The Kier molecular flexibility index (Phi) is 10.00. The van der Waals surface area contributed by atoms with Crippen molar-refractivity contribution >= 4 is 23.9 Å². The number of ether oxygens (including phenoxy) is 2. The number of unbranched alkanes of at least 4 members (excludes halogenated alkanes) is 3. The Hall–Kier alpha value is -3.99. The van der Waals surface area contributed by atoms with E-state index < -0.39 is 0 Å². The highest BCUT2D eigenvalue weighted by molar-refractivity contribution is 6.06. The molecule has 0 bridgehead atoms. The Morgan fingerprint density at radius 1 is 0.771 bits per heavy atom. The van der Waals surface area contributed by atoms with Crippen molar-refractivity contribution in [2.24, 2.45) is 0 Å². The van der Waals surface area contributed by atoms with E-state index in [1.54, 1.807) is 36.4 Å². The fraction of sp³-hybridized carbons (Fsp3) is 0.200. The van der Waals surface area contributed by atoms with E-state index in [2.05, 4.69) is 6.58 Å². The molecule has 4 nitrogen and oxygen atoms in total. The highest BCUT2D eigenvalue weighted by Crippen LogP contribution is 2.16. The van der Waals surface area contributed by atoms with Crippen molar-refractivity contribution in [2.45, 2.75) is 32.1 Å². The molecule has 0 aromatic heterocycles. The largest absolute Gasteiger partial charge is 0.494 e. The zero-order valence-electron chi connectivity index (χ0n) is 19.6. The molecule has 0 heterocycles. The van der Waals surface area contributed by atoms with Crippen LogP contribution in [0.25, 0.3) is 12.2 Å². The molecule has 5 heteroatoms. The highest BCUT2D eigenvalue weighted by atomic mass is 19.1. The van der Waals surface area contributed by atoms with Crippen LogP contribution < -0.4 is 9.47 Å². The van der Waals surface area contributed by atoms with Gasteiger partial charge in [0.15, 0.2) is 5.78 Å². The Balaban J connectivity index is 1.30. The van der Waals surface area contributed by atoms with E-state index in [4.69, 9.17) is 9.47 Å². The molecule has 0 amide bonds. The van der Waals surface area contributed by atoms with Gasteiger partial charge in [-0.1, -0.05) is 55.8 Å². The van der Waals surface area contributed by atoms with Crippen LogP contribution in [-0.2, 0) is 4.79 Å². The van der Waals surface area contributed by atoms with Gasteiger partial charge in [0, 0.05) is 12.0 Å². The molecule has 0 spiro atoms. The predicted octanol–water partition coefficient (Wildman–Crippen LogP) is 7.30. The van der Waals surface area contributed by atoms with E-state index in [9.17, 15) is 14.0 Å². The number of hydrogen-bond acceptors (Lipinski definition) is 4. The lowest BCUT2D eigenvalue weighted by Gasteiger charge is -2.07. The van der Waals surface area contributed by atoms with Crippen LogP contribution in [0.5, 0.6) is 11.5 Å². The van der Waals surface area contributed by atoms with Crippen LogP contribution in [0.3, 0.4) is 0 Å². The summed E-state index contributed by atoms with van der Waals surface area (Å²) in [4.78, 5) is 24.2. The molecule has 0 radical (unpaired) electrons. The number of halogens is 1. The van der Waals surface area contributed by atoms with Crippen LogP contribution in [-0.4, -0.2) is 18.4 Å². The molecule has 0 N–H and O–H groups in total. The van der Waals surface area contributed by atoms with Gasteiger partial charge in [-0.15, -0.1) is 0 Å². The number of esters is 1. The summed E-state index contributed by atoms with van der Waals surface area (Å²) < 4.78 is 24.1. The average molecular weight is 473 g/mol. The fourth-order valence-electron chi connectivity index (χ4n) is 3.33. The van der Waals surface area contributed by atoms with E-state index in [0.29, 0.717) is 24.3 Å². The monoisotopic (exact) mass is 472 g/mol. The number of benzene rings is 3. The minimum Gasteiger partial charge on any atom is -0.494 e. The third-order valence-corrected chi connectivity index (χ3v) is 5.33. The maximum Gasteiger partial charge on any atom is 0.311 e. The SMILES string of the molecule is C=Cc1ccc(OCCCCCCC(=O)Oc2ccc(C=CC(=O)c3ccc(F)cc3)cc2)cc1. The van der Waals surface area contributed by atoms with Gasteiger partial charge in [-0.2, -0.15) is 0 Å². The van der Waals surface area contributed by atoms with Crippen molar-refractivity contribution in [3.05, 3.63) is 108 Å². The van der Waals surface area contributed by atoms with Crippen molar-refractivity contribution in [3.63, 3.8) is 0 Å². The molecule has 0 atom stereocenters. The fourth-order valence-corrected chi connectivity index (χ4v) is 3.33. The van der Waals surface area contributed by atoms with Crippen molar-refractivity contribution in [1.82, 2.24) is 0 Å². The summed E-state index contributed by atoms with van der Waals surface area (Å²) in [5.74, 6) is 0.452. The molecule has 0 aliphatic carbocycles. The molecule has 3 aromatic carbocycles. The van der Waals surface area contributed by atoms with Gasteiger partial charge in [-0.25, -0.2) is 4.39 Å². The first-order valence-electron chi connectivity index (χ1n) is 11.7. The summed E-state index contributed by atoms with van der Waals surface area (Å²) in [6, 6.07) is 20.1. The van der Waals surface area contributed by atoms with E-state index in [-0.39, 0.29) is 17.6 Å². The number of carbonyl (C=O) groups excluding carboxylic acids is 2. The van der Waals surface area contributed by atoms with Gasteiger partial charge in [0.1, 0.15) is 17.3 Å². The van der Waals surface area contributed by atoms with Gasteiger partial charge in [0.05, 0.1) is 6.61 Å². The van der Waals surface area contributed by atoms with Crippen LogP contribution in [0.2, 0.25) is 0 Å². The number of rotatable bonds is 13. The first-order valence-corrected chi connectivity index (χ1v) is 11.7. The molecule has 35 heavy (non-hydrogen) atoms. The van der Waals surface area contributed by atoms with Gasteiger partial charge >= 0.3 is 5.97 Å². The Morgan fingerprint density at radius 2 is 1.40 bits per heavy atom. The Labute approximate surface area is 205 Å². The van der Waals surface area contributed by atoms with Crippen LogP contribution in [0.1, 0.15) is 53.6 Å². The first kappa shape index (κ1) is 25.6. The van der Waals surface area contributed by atoms with Crippen molar-refractivity contribution in [2.75, 3.05) is 6.61 Å². The maximum atomic E-state index is 13.0. The molecule has 3 aromatic rings. The van der Waals surface area contributed by atoms with E-state index in [0.717, 1.165) is 42.6 Å². The Morgan fingerprint density at radius 3 is 2.09 bits per heavy atom. The van der Waals surface area contributed by atoms with E-state index >= 15 is 0 Å². The normalized spacial score (nSPS) is 10.8. The third-order valence-electron chi connectivity index (χ3n) is 5.33. The zero-order chi connectivity index (χ0) is 24.9. The summed E-state index contributed by atoms with van der Waals surface area (Å²) >= 11 is 0. The van der Waals surface area contributed by atoms with Gasteiger partial charge in [0.2, 0.25) is 0 Å². The third kappa shape index (κ3) is 9.05. The van der Waals surface area contributed by atoms with Crippen molar-refractivity contribution in [3.8, 4) is 11.5 Å². The molecule has 0 fully saturated rings. The summed E-state index contributed by atoms with van der Waals surface area (Å²) in [7, 11) is 0. The maximum absolute atomic E-state index is 13.0. The molecule has 3 rings (SSSR count). The van der Waals surface area contributed by atoms with Crippen LogP contribution in [0.15, 0.2) is 85.5 Å². The van der Waals surface area contributed by atoms with Gasteiger partial charge < -0.3 is 9.47 Å². The summed E-state index contributed by atoms with van der Waals surface area (Å²) in [5.41, 5.74) is 2.27. The standard InChI is InChI=1S/C30H29FO4/c1-2-23-8-17-27(18-9-23)34-22-6-4-3-5-7-30(33)35-28-19-10-24(11-20-28)12-21-29(32)25-13-15-26(31)16-14-25/h2,8-21H,1,3-7,22H2. The quantitative estimate of drug-likeness (QED) is 0.0861.